The van der Waals surface area contributed by atoms with E-state index in [2.05, 4.69) is 16.0 Å². The van der Waals surface area contributed by atoms with E-state index in [1.165, 1.54) is 6.92 Å². The van der Waals surface area contributed by atoms with Gasteiger partial charge in [-0.1, -0.05) is 98.9 Å². The largest absolute Gasteiger partial charge is 0.461 e. The molecule has 0 aromatic heterocycles. The topological polar surface area (TPSA) is 367 Å². The van der Waals surface area contributed by atoms with Gasteiger partial charge in [-0.3, -0.25) is 24.0 Å². The molecule has 2 saturated heterocycles. The van der Waals surface area contributed by atoms with Crippen LogP contribution in [0.25, 0.3) is 0 Å². The number of carbonyl (C=O) groups excluding carboxylic acids is 5. The second-order valence-electron chi connectivity index (χ2n) is 24.9. The van der Waals surface area contributed by atoms with Crippen molar-refractivity contribution in [1.29, 1.82) is 0 Å². The summed E-state index contributed by atoms with van der Waals surface area (Å²) in [4.78, 5) is 69.8. The maximum atomic E-state index is 14.0. The first kappa shape index (κ1) is 77.8. The molecule has 3 aliphatic heterocycles. The highest BCUT2D eigenvalue weighted by Crippen LogP contribution is 2.38. The van der Waals surface area contributed by atoms with Crippen molar-refractivity contribution in [2.45, 2.75) is 195 Å². The molecular weight excluding hydrogens is 1180 g/mol. The maximum absolute atomic E-state index is 14.0. The van der Waals surface area contributed by atoms with Gasteiger partial charge in [0.05, 0.1) is 86.0 Å². The molecule has 2 amide bonds. The van der Waals surface area contributed by atoms with Gasteiger partial charge in [-0.15, -0.1) is 0 Å². The maximum Gasteiger partial charge on any atom is 0.308 e. The van der Waals surface area contributed by atoms with Crippen LogP contribution in [0.2, 0.25) is 0 Å². The fourth-order valence-electron chi connectivity index (χ4n) is 11.3. The molecule has 1 aromatic rings. The Labute approximate surface area is 535 Å². The smallest absolute Gasteiger partial charge is 0.308 e. The molecule has 3 unspecified atom stereocenters. The Morgan fingerprint density at radius 3 is 1.87 bits per heavy atom. The highest BCUT2D eigenvalue weighted by Gasteiger charge is 2.51. The summed E-state index contributed by atoms with van der Waals surface area (Å²) in [5.74, 6) is -7.10. The number of fused-ring (bicyclic) bond motifs is 2. The molecule has 0 aliphatic carbocycles. The van der Waals surface area contributed by atoms with Crippen LogP contribution in [0.4, 0.5) is 5.69 Å². The number of anilines is 1. The zero-order chi connectivity index (χ0) is 67.4. The molecule has 3 heterocycles. The van der Waals surface area contributed by atoms with Crippen molar-refractivity contribution >= 4 is 35.0 Å². The SMILES string of the molecule is CNc1ccc(C(=O)CC(O)CC[C@H](C)[C@H]2OC(=O)C[C@H](O)CC(=O)C[C@H](O)C[C@H](O)C[C@H](O)C[C@H](O)C[C@]3(O)C[C@H](O)[C@@H](C(=O)NCCN(C)C)C(C[C@@H](OC4O[C@H](C)[C@@H](O)[C@H](NC(=O)CN(C)C)[C@@H]4O)/C=C/C=C/C=C/C=C\C=C/C=C/C=C/[C@@H]2C)O3)cc1. The van der Waals surface area contributed by atoms with E-state index in [0.717, 1.165) is 5.69 Å². The molecule has 19 atom stereocenters. The van der Waals surface area contributed by atoms with Crippen molar-refractivity contribution in [2.75, 3.05) is 60.2 Å². The lowest BCUT2D eigenvalue weighted by atomic mass is 9.82. The van der Waals surface area contributed by atoms with Crippen molar-refractivity contribution in [3.05, 3.63) is 115 Å². The molecule has 0 radical (unpaired) electrons. The number of allylic oxidation sites excluding steroid dienone is 12. The Kier molecular flexibility index (Phi) is 34.0. The number of ether oxygens (including phenoxy) is 4. The number of esters is 1. The quantitative estimate of drug-likeness (QED) is 0.0784. The van der Waals surface area contributed by atoms with E-state index < -0.39 is 178 Å². The van der Waals surface area contributed by atoms with Gasteiger partial charge in [0, 0.05) is 75.8 Å². The Morgan fingerprint density at radius 1 is 0.703 bits per heavy atom. The van der Waals surface area contributed by atoms with Crippen LogP contribution in [0.15, 0.2) is 109 Å². The summed E-state index contributed by atoms with van der Waals surface area (Å²) in [6.45, 7) is 5.81. The molecule has 1 aromatic carbocycles. The predicted octanol–water partition coefficient (Wildman–Crippen LogP) is 2.06. The van der Waals surface area contributed by atoms with Crippen LogP contribution in [0.1, 0.15) is 108 Å². The van der Waals surface area contributed by atoms with E-state index in [1.54, 1.807) is 129 Å². The molecule has 24 heteroatoms. The van der Waals surface area contributed by atoms with Crippen LogP contribution >= 0.6 is 0 Å². The lowest BCUT2D eigenvalue weighted by molar-refractivity contribution is -0.307. The molecular formula is C67H103N5O19. The minimum absolute atomic E-state index is 0.0513. The Bertz CT molecular complexity index is 2610. The van der Waals surface area contributed by atoms with Crippen molar-refractivity contribution in [3.63, 3.8) is 0 Å². The third kappa shape index (κ3) is 28.6. The molecule has 510 valence electrons. The molecule has 4 rings (SSSR count). The number of rotatable bonds is 17. The number of amides is 2. The average Bonchev–Trinajstić information content (AvgIpc) is 0.818. The predicted molar refractivity (Wildman–Crippen MR) is 342 cm³/mol. The van der Waals surface area contributed by atoms with E-state index in [9.17, 15) is 75.0 Å². The molecule has 3 aliphatic rings. The first-order valence-corrected chi connectivity index (χ1v) is 31.5. The Morgan fingerprint density at radius 2 is 1.27 bits per heavy atom. The summed E-state index contributed by atoms with van der Waals surface area (Å²) >= 11 is 0. The number of hydrogen-bond donors (Lipinski definition) is 13. The Hall–Kier alpha value is -5.65. The van der Waals surface area contributed by atoms with E-state index >= 15 is 0 Å². The van der Waals surface area contributed by atoms with Crippen LogP contribution in [-0.2, 0) is 38.1 Å². The van der Waals surface area contributed by atoms with Gasteiger partial charge in [0.1, 0.15) is 24.1 Å². The lowest BCUT2D eigenvalue weighted by Crippen LogP contribution is -2.64. The van der Waals surface area contributed by atoms with Crippen LogP contribution in [0.3, 0.4) is 0 Å². The fourth-order valence-corrected chi connectivity index (χ4v) is 11.3. The fraction of sp³-hybridized carbons (Fsp3) is 0.627. The number of aliphatic hydroxyl groups excluding tert-OH is 9. The van der Waals surface area contributed by atoms with Gasteiger partial charge in [0.2, 0.25) is 11.8 Å². The normalized spacial score (nSPS) is 34.9. The standard InChI is InChI=1S/C67H103N5O19/c1-42-21-19-17-15-13-11-9-10-12-14-16-18-20-22-54(89-66-63(85)61(62(84)44(3)88-66)70-58(82)41-72(7)8)38-57-60(65(86)69-29-30-71(5)6)56(81)40-67(87,91-57)39-53(79)35-51(77)33-49(75)31-48(74)32-50(76)34-52(78)37-59(83)90-64(42)43(2)23-28-47(73)36-55(80)45-24-26-46(68-4)27-25-45/h9-22,24-27,42-44,47-49,51-54,56-57,60-64,66,68,73-75,77-79,81,84-85,87H,23,28-41H2,1-8H3,(H,69,86)(H,70,82)/b10-9-,13-11-,14-12+,17-15+,18-16+,21-19+,22-20+/t42-,43-,44+,47?,48+,49-,51-,52+,53-,54-,56-,57?,60+,61-,62+,63-,64-,66?,67+/m0/s1. The summed E-state index contributed by atoms with van der Waals surface area (Å²) in [6.07, 6.45) is 2.19. The zero-order valence-electron chi connectivity index (χ0n) is 53.9. The number of benzene rings is 1. The van der Waals surface area contributed by atoms with Gasteiger partial charge in [-0.25, -0.2) is 0 Å². The van der Waals surface area contributed by atoms with Crippen molar-refractivity contribution in [3.8, 4) is 0 Å². The second-order valence-corrected chi connectivity index (χ2v) is 24.9. The number of likely N-dealkylation sites (N-methyl/N-ethyl adjacent to an activating group) is 2. The third-order valence-corrected chi connectivity index (χ3v) is 16.0. The van der Waals surface area contributed by atoms with Crippen molar-refractivity contribution in [2.24, 2.45) is 17.8 Å². The molecule has 2 bridgehead atoms. The van der Waals surface area contributed by atoms with E-state index in [0.29, 0.717) is 18.5 Å². The molecule has 13 N–H and O–H groups in total. The number of nitrogens with zero attached hydrogens (tertiary/aromatic N) is 2. The molecule has 2 fully saturated rings. The summed E-state index contributed by atoms with van der Waals surface area (Å²) < 4.78 is 24.6. The Balaban J connectivity index is 1.62. The summed E-state index contributed by atoms with van der Waals surface area (Å²) in [5.41, 5.74) is 1.30. The minimum atomic E-state index is -2.32. The monoisotopic (exact) mass is 1280 g/mol. The van der Waals surface area contributed by atoms with E-state index in [4.69, 9.17) is 18.9 Å². The van der Waals surface area contributed by atoms with Crippen LogP contribution in [-0.4, -0.2) is 243 Å². The highest BCUT2D eigenvalue weighted by molar-refractivity contribution is 5.96. The third-order valence-electron chi connectivity index (χ3n) is 16.0. The first-order valence-electron chi connectivity index (χ1n) is 31.5. The summed E-state index contributed by atoms with van der Waals surface area (Å²) in [5, 5.41) is 121. The van der Waals surface area contributed by atoms with Gasteiger partial charge in [0.15, 0.2) is 17.9 Å². The molecule has 0 saturated carbocycles. The van der Waals surface area contributed by atoms with Gasteiger partial charge < -0.3 is 95.8 Å². The van der Waals surface area contributed by atoms with Crippen molar-refractivity contribution < 1.29 is 94.0 Å². The second kappa shape index (κ2) is 39.8. The van der Waals surface area contributed by atoms with Gasteiger partial charge in [-0.2, -0.15) is 0 Å². The number of aliphatic hydroxyl groups is 10. The minimum Gasteiger partial charge on any atom is -0.461 e. The van der Waals surface area contributed by atoms with Gasteiger partial charge >= 0.3 is 5.97 Å². The first-order chi connectivity index (χ1) is 43.1. The molecule has 91 heavy (non-hydrogen) atoms. The number of nitrogens with one attached hydrogen (secondary N) is 3. The molecule has 24 nitrogen and oxygen atoms in total. The number of cyclic esters (lactones) is 1. The van der Waals surface area contributed by atoms with Gasteiger partial charge in [-0.05, 0) is 97.4 Å². The number of carbonyl (C=O) groups is 5. The highest BCUT2D eigenvalue weighted by atomic mass is 16.7. The number of Topliss-reactive ketones (excluding diaryl/α,β-unsaturated/α-hetero) is 2. The van der Waals surface area contributed by atoms with E-state index in [-0.39, 0.29) is 50.0 Å². The summed E-state index contributed by atoms with van der Waals surface area (Å²) in [7, 11) is 8.75. The lowest BCUT2D eigenvalue weighted by Gasteiger charge is -2.46. The van der Waals surface area contributed by atoms with Gasteiger partial charge in [0.25, 0.3) is 0 Å². The average molecular weight is 1280 g/mol. The van der Waals surface area contributed by atoms with Crippen LogP contribution < -0.4 is 16.0 Å². The van der Waals surface area contributed by atoms with Crippen LogP contribution in [0, 0.1) is 17.8 Å². The summed E-state index contributed by atoms with van der Waals surface area (Å²) in [6, 6.07) is 5.68. The van der Waals surface area contributed by atoms with Crippen molar-refractivity contribution in [1.82, 2.24) is 20.4 Å². The number of hydrogen-bond acceptors (Lipinski definition) is 22. The zero-order valence-corrected chi connectivity index (χ0v) is 53.9. The molecule has 0 spiro atoms. The number of ketones is 2. The van der Waals surface area contributed by atoms with Crippen LogP contribution in [0.5, 0.6) is 0 Å². The van der Waals surface area contributed by atoms with E-state index in [1.807, 2.05) is 38.9 Å².